The van der Waals surface area contributed by atoms with E-state index in [2.05, 4.69) is 4.72 Å². The van der Waals surface area contributed by atoms with Gasteiger partial charge in [-0.1, -0.05) is 42.5 Å². The van der Waals surface area contributed by atoms with Crippen LogP contribution >= 0.6 is 0 Å². The molecule has 5 heteroatoms. The third-order valence-electron chi connectivity index (χ3n) is 3.19. The van der Waals surface area contributed by atoms with Crippen molar-refractivity contribution in [1.82, 2.24) is 4.72 Å². The summed E-state index contributed by atoms with van der Waals surface area (Å²) in [7, 11) is -3.43. The molecule has 0 amide bonds. The summed E-state index contributed by atoms with van der Waals surface area (Å²) in [5.74, 6) is 0. The number of benzene rings is 2. The van der Waals surface area contributed by atoms with E-state index in [0.717, 1.165) is 24.0 Å². The molecule has 0 spiro atoms. The summed E-state index contributed by atoms with van der Waals surface area (Å²) in [5, 5.41) is 0. The van der Waals surface area contributed by atoms with Crippen molar-refractivity contribution < 1.29 is 8.42 Å². The van der Waals surface area contributed by atoms with Crippen molar-refractivity contribution in [3.8, 4) is 11.1 Å². The van der Waals surface area contributed by atoms with E-state index in [1.54, 1.807) is 12.1 Å². The van der Waals surface area contributed by atoms with Crippen LogP contribution < -0.4 is 10.5 Å². The maximum atomic E-state index is 12.1. The first-order valence-electron chi connectivity index (χ1n) is 6.99. The van der Waals surface area contributed by atoms with Crippen LogP contribution in [0.25, 0.3) is 11.1 Å². The predicted molar refractivity (Wildman–Crippen MR) is 85.4 cm³/mol. The summed E-state index contributed by atoms with van der Waals surface area (Å²) in [4.78, 5) is 0.287. The maximum absolute atomic E-state index is 12.1. The van der Waals surface area contributed by atoms with Gasteiger partial charge in [-0.05, 0) is 42.6 Å². The van der Waals surface area contributed by atoms with Gasteiger partial charge in [-0.15, -0.1) is 0 Å². The Morgan fingerprint density at radius 1 is 0.857 bits per heavy atom. The van der Waals surface area contributed by atoms with Crippen LogP contribution in [0.2, 0.25) is 0 Å². The van der Waals surface area contributed by atoms with Gasteiger partial charge in [0.1, 0.15) is 0 Å². The van der Waals surface area contributed by atoms with Crippen LogP contribution in [0, 0.1) is 0 Å². The lowest BCUT2D eigenvalue weighted by Crippen LogP contribution is -2.25. The Morgan fingerprint density at radius 2 is 1.48 bits per heavy atom. The summed E-state index contributed by atoms with van der Waals surface area (Å²) in [5.41, 5.74) is 7.45. The number of nitrogens with one attached hydrogen (secondary N) is 1. The minimum absolute atomic E-state index is 0.287. The molecule has 0 saturated heterocycles. The highest BCUT2D eigenvalue weighted by atomic mass is 32.2. The molecule has 4 nitrogen and oxygen atoms in total. The molecule has 0 bridgehead atoms. The average Bonchev–Trinajstić information content (AvgIpc) is 2.53. The average molecular weight is 304 g/mol. The number of nitrogens with two attached hydrogens (primary N) is 1. The standard InChI is InChI=1S/C16H20N2O2S/c17-12-4-5-13-18-21(19,20)16-10-8-15(9-11-16)14-6-2-1-3-7-14/h1-3,6-11,18H,4-5,12-13,17H2. The molecular formula is C16H20N2O2S. The fraction of sp³-hybridized carbons (Fsp3) is 0.250. The van der Waals surface area contributed by atoms with E-state index >= 15 is 0 Å². The number of sulfonamides is 1. The largest absolute Gasteiger partial charge is 0.330 e. The van der Waals surface area contributed by atoms with Crippen LogP contribution in [-0.4, -0.2) is 21.5 Å². The van der Waals surface area contributed by atoms with Gasteiger partial charge in [0, 0.05) is 6.54 Å². The molecule has 0 aromatic heterocycles. The second kappa shape index (κ2) is 7.36. The highest BCUT2D eigenvalue weighted by Gasteiger charge is 2.12. The zero-order chi connectivity index (χ0) is 15.1. The van der Waals surface area contributed by atoms with Gasteiger partial charge in [0.15, 0.2) is 0 Å². The lowest BCUT2D eigenvalue weighted by atomic mass is 10.1. The Labute approximate surface area is 126 Å². The van der Waals surface area contributed by atoms with Gasteiger partial charge in [-0.25, -0.2) is 13.1 Å². The van der Waals surface area contributed by atoms with E-state index in [4.69, 9.17) is 5.73 Å². The van der Waals surface area contributed by atoms with Crippen LogP contribution in [0.5, 0.6) is 0 Å². The fourth-order valence-electron chi connectivity index (χ4n) is 2.02. The van der Waals surface area contributed by atoms with Crippen molar-refractivity contribution in [3.63, 3.8) is 0 Å². The number of hydrogen-bond donors (Lipinski definition) is 2. The molecule has 112 valence electrons. The van der Waals surface area contributed by atoms with Crippen LogP contribution in [0.4, 0.5) is 0 Å². The van der Waals surface area contributed by atoms with Gasteiger partial charge in [0.05, 0.1) is 4.90 Å². The first-order valence-corrected chi connectivity index (χ1v) is 8.47. The van der Waals surface area contributed by atoms with Crippen molar-refractivity contribution in [2.45, 2.75) is 17.7 Å². The third-order valence-corrected chi connectivity index (χ3v) is 4.67. The Hall–Kier alpha value is -1.69. The molecule has 0 atom stereocenters. The minimum Gasteiger partial charge on any atom is -0.330 e. The van der Waals surface area contributed by atoms with Crippen molar-refractivity contribution in [3.05, 3.63) is 54.6 Å². The van der Waals surface area contributed by atoms with Gasteiger partial charge in [0.25, 0.3) is 0 Å². The smallest absolute Gasteiger partial charge is 0.240 e. The van der Waals surface area contributed by atoms with E-state index in [1.807, 2.05) is 42.5 Å². The quantitative estimate of drug-likeness (QED) is 0.771. The normalized spacial score (nSPS) is 11.5. The molecule has 2 aromatic rings. The molecule has 2 aromatic carbocycles. The van der Waals surface area contributed by atoms with Crippen molar-refractivity contribution in [1.29, 1.82) is 0 Å². The van der Waals surface area contributed by atoms with Crippen LogP contribution in [-0.2, 0) is 10.0 Å². The van der Waals surface area contributed by atoms with Gasteiger partial charge in [-0.3, -0.25) is 0 Å². The number of rotatable bonds is 7. The second-order valence-electron chi connectivity index (χ2n) is 4.78. The van der Waals surface area contributed by atoms with Gasteiger partial charge in [0.2, 0.25) is 10.0 Å². The van der Waals surface area contributed by atoms with Crippen LogP contribution in [0.3, 0.4) is 0 Å². The molecule has 3 N–H and O–H groups in total. The second-order valence-corrected chi connectivity index (χ2v) is 6.55. The molecule has 0 unspecified atom stereocenters. The van der Waals surface area contributed by atoms with E-state index in [9.17, 15) is 8.42 Å². The zero-order valence-corrected chi connectivity index (χ0v) is 12.6. The van der Waals surface area contributed by atoms with Gasteiger partial charge in [-0.2, -0.15) is 0 Å². The molecule has 0 aliphatic carbocycles. The highest BCUT2D eigenvalue weighted by Crippen LogP contribution is 2.20. The summed E-state index contributed by atoms with van der Waals surface area (Å²) in [6.07, 6.45) is 1.56. The van der Waals surface area contributed by atoms with E-state index in [0.29, 0.717) is 13.1 Å². The number of hydrogen-bond acceptors (Lipinski definition) is 3. The summed E-state index contributed by atoms with van der Waals surface area (Å²) in [6, 6.07) is 16.8. The maximum Gasteiger partial charge on any atom is 0.240 e. The molecule has 0 saturated carbocycles. The van der Waals surface area contributed by atoms with E-state index < -0.39 is 10.0 Å². The Morgan fingerprint density at radius 3 is 2.10 bits per heavy atom. The Kier molecular flexibility index (Phi) is 5.50. The van der Waals surface area contributed by atoms with Crippen molar-refractivity contribution in [2.24, 2.45) is 5.73 Å². The van der Waals surface area contributed by atoms with Crippen molar-refractivity contribution >= 4 is 10.0 Å². The third kappa shape index (κ3) is 4.39. The Balaban J connectivity index is 2.08. The van der Waals surface area contributed by atoms with Crippen molar-refractivity contribution in [2.75, 3.05) is 13.1 Å². The molecule has 0 heterocycles. The SMILES string of the molecule is NCCCCNS(=O)(=O)c1ccc(-c2ccccc2)cc1. The van der Waals surface area contributed by atoms with Crippen LogP contribution in [0.1, 0.15) is 12.8 Å². The monoisotopic (exact) mass is 304 g/mol. The lowest BCUT2D eigenvalue weighted by Gasteiger charge is -2.07. The van der Waals surface area contributed by atoms with E-state index in [-0.39, 0.29) is 4.90 Å². The molecule has 21 heavy (non-hydrogen) atoms. The minimum atomic E-state index is -3.43. The van der Waals surface area contributed by atoms with Gasteiger partial charge >= 0.3 is 0 Å². The predicted octanol–water partition coefficient (Wildman–Crippen LogP) is 2.37. The molecule has 2 rings (SSSR count). The molecule has 0 radical (unpaired) electrons. The van der Waals surface area contributed by atoms with Gasteiger partial charge < -0.3 is 5.73 Å². The number of unbranched alkanes of at least 4 members (excludes halogenated alkanes) is 1. The first kappa shape index (κ1) is 15.7. The van der Waals surface area contributed by atoms with E-state index in [1.165, 1.54) is 0 Å². The highest BCUT2D eigenvalue weighted by molar-refractivity contribution is 7.89. The fourth-order valence-corrected chi connectivity index (χ4v) is 3.09. The molecule has 0 fully saturated rings. The van der Waals surface area contributed by atoms with Crippen LogP contribution in [0.15, 0.2) is 59.5 Å². The summed E-state index contributed by atoms with van der Waals surface area (Å²) in [6.45, 7) is 0.994. The molecular weight excluding hydrogens is 284 g/mol. The lowest BCUT2D eigenvalue weighted by molar-refractivity contribution is 0.577. The summed E-state index contributed by atoms with van der Waals surface area (Å²) < 4.78 is 26.8. The first-order chi connectivity index (χ1) is 10.1. The Bertz CT molecular complexity index is 652. The summed E-state index contributed by atoms with van der Waals surface area (Å²) >= 11 is 0. The molecule has 0 aliphatic rings. The molecule has 0 aliphatic heterocycles. The topological polar surface area (TPSA) is 72.2 Å². The zero-order valence-electron chi connectivity index (χ0n) is 11.8.